The number of nitrogens with one attached hydrogen (secondary N) is 1. The van der Waals surface area contributed by atoms with E-state index in [0.717, 1.165) is 6.54 Å². The minimum absolute atomic E-state index is 0.354. The summed E-state index contributed by atoms with van der Waals surface area (Å²) in [4.78, 5) is 0. The second-order valence-corrected chi connectivity index (χ2v) is 5.71. The van der Waals surface area contributed by atoms with Crippen LogP contribution in [0.5, 0.6) is 0 Å². The first kappa shape index (κ1) is 12.1. The quantitative estimate of drug-likeness (QED) is 0.887. The Kier molecular flexibility index (Phi) is 4.04. The molecule has 0 saturated heterocycles. The Hall–Kier alpha value is -0.340. The summed E-state index contributed by atoms with van der Waals surface area (Å²) in [6.45, 7) is 1.09. The maximum atomic E-state index is 3.71. The molecule has 0 bridgehead atoms. The number of hydrogen-bond acceptors (Lipinski definition) is 1. The van der Waals surface area contributed by atoms with Crippen LogP contribution in [0.1, 0.15) is 37.7 Å². The van der Waals surface area contributed by atoms with Crippen molar-refractivity contribution in [3.63, 3.8) is 0 Å². The van der Waals surface area contributed by atoms with Gasteiger partial charge in [0.15, 0.2) is 0 Å². The Morgan fingerprint density at radius 2 is 1.88 bits per heavy atom. The average Bonchev–Trinajstić information content (AvgIpc) is 2.31. The predicted octanol–water partition coefficient (Wildman–Crippen LogP) is 3.87. The summed E-state index contributed by atoms with van der Waals surface area (Å²) in [6, 6.07) is 8.71. The molecule has 1 fully saturated rings. The first-order valence-corrected chi connectivity index (χ1v) is 6.97. The highest BCUT2D eigenvalue weighted by Crippen LogP contribution is 2.41. The van der Waals surface area contributed by atoms with E-state index in [0.29, 0.717) is 5.41 Å². The van der Waals surface area contributed by atoms with Crippen molar-refractivity contribution in [3.8, 4) is 0 Å². The molecule has 0 aliphatic heterocycles. The molecule has 0 amide bonds. The van der Waals surface area contributed by atoms with Crippen molar-refractivity contribution in [1.29, 1.82) is 0 Å². The van der Waals surface area contributed by atoms with Gasteiger partial charge in [0.05, 0.1) is 0 Å². The van der Waals surface area contributed by atoms with E-state index in [1.807, 2.05) is 0 Å². The maximum absolute atomic E-state index is 3.71. The fourth-order valence-corrected chi connectivity index (χ4v) is 3.70. The zero-order valence-electron chi connectivity index (χ0n) is 9.93. The van der Waals surface area contributed by atoms with Gasteiger partial charge in [-0.1, -0.05) is 53.4 Å². The van der Waals surface area contributed by atoms with Crippen LogP contribution in [0.25, 0.3) is 0 Å². The lowest BCUT2D eigenvalue weighted by atomic mass is 9.69. The topological polar surface area (TPSA) is 12.0 Å². The number of halogens is 1. The van der Waals surface area contributed by atoms with Crippen molar-refractivity contribution >= 4 is 15.9 Å². The second kappa shape index (κ2) is 5.33. The van der Waals surface area contributed by atoms with Gasteiger partial charge >= 0.3 is 0 Å². The highest BCUT2D eigenvalue weighted by atomic mass is 79.9. The second-order valence-electron chi connectivity index (χ2n) is 4.85. The molecular weight excluding hydrogens is 262 g/mol. The third kappa shape index (κ3) is 2.33. The van der Waals surface area contributed by atoms with Gasteiger partial charge in [-0.05, 0) is 31.5 Å². The monoisotopic (exact) mass is 281 g/mol. The lowest BCUT2D eigenvalue weighted by Gasteiger charge is -2.38. The third-order valence-corrected chi connectivity index (χ3v) is 4.46. The van der Waals surface area contributed by atoms with Crippen molar-refractivity contribution in [2.45, 2.75) is 37.5 Å². The zero-order chi connectivity index (χ0) is 11.4. The third-order valence-electron chi connectivity index (χ3n) is 3.77. The Balaban J connectivity index is 2.34. The Bertz CT molecular complexity index is 337. The average molecular weight is 282 g/mol. The molecule has 1 aromatic rings. The van der Waals surface area contributed by atoms with E-state index < -0.39 is 0 Å². The zero-order valence-corrected chi connectivity index (χ0v) is 11.5. The van der Waals surface area contributed by atoms with Crippen molar-refractivity contribution < 1.29 is 0 Å². The standard InChI is InChI=1S/C14H20BrN/c1-16-11-14(9-5-2-6-10-14)12-7-3-4-8-13(12)15/h3-4,7-8,16H,2,5-6,9-11H2,1H3. The van der Waals surface area contributed by atoms with E-state index in [4.69, 9.17) is 0 Å². The Labute approximate surface area is 107 Å². The SMILES string of the molecule is CNCC1(c2ccccc2Br)CCCCC1. The van der Waals surface area contributed by atoms with E-state index in [1.54, 1.807) is 0 Å². The van der Waals surface area contributed by atoms with E-state index in [2.05, 4.69) is 52.6 Å². The van der Waals surface area contributed by atoms with Crippen molar-refractivity contribution in [2.24, 2.45) is 0 Å². The lowest BCUT2D eigenvalue weighted by Crippen LogP contribution is -2.38. The van der Waals surface area contributed by atoms with Gasteiger partial charge in [-0.15, -0.1) is 0 Å². The molecule has 2 heteroatoms. The van der Waals surface area contributed by atoms with Gasteiger partial charge in [0, 0.05) is 16.4 Å². The van der Waals surface area contributed by atoms with Crippen LogP contribution in [-0.2, 0) is 5.41 Å². The summed E-state index contributed by atoms with van der Waals surface area (Å²) in [5, 5.41) is 3.38. The van der Waals surface area contributed by atoms with Gasteiger partial charge in [-0.3, -0.25) is 0 Å². The minimum atomic E-state index is 0.354. The molecule has 2 rings (SSSR count). The van der Waals surface area contributed by atoms with Crippen LogP contribution >= 0.6 is 15.9 Å². The molecule has 1 aliphatic rings. The molecular formula is C14H20BrN. The Morgan fingerprint density at radius 3 is 2.50 bits per heavy atom. The van der Waals surface area contributed by atoms with Gasteiger partial charge in [-0.2, -0.15) is 0 Å². The van der Waals surface area contributed by atoms with Crippen LogP contribution in [0.15, 0.2) is 28.7 Å². The number of hydrogen-bond donors (Lipinski definition) is 1. The Morgan fingerprint density at radius 1 is 1.19 bits per heavy atom. The summed E-state index contributed by atoms with van der Waals surface area (Å²) in [7, 11) is 2.06. The van der Waals surface area contributed by atoms with Gasteiger partial charge in [0.25, 0.3) is 0 Å². The highest BCUT2D eigenvalue weighted by molar-refractivity contribution is 9.10. The minimum Gasteiger partial charge on any atom is -0.319 e. The van der Waals surface area contributed by atoms with Crippen molar-refractivity contribution in [2.75, 3.05) is 13.6 Å². The first-order valence-electron chi connectivity index (χ1n) is 6.18. The fraction of sp³-hybridized carbons (Fsp3) is 0.571. The van der Waals surface area contributed by atoms with Crippen LogP contribution in [-0.4, -0.2) is 13.6 Å². The largest absolute Gasteiger partial charge is 0.319 e. The molecule has 1 N–H and O–H groups in total. The van der Waals surface area contributed by atoms with Crippen molar-refractivity contribution in [3.05, 3.63) is 34.3 Å². The van der Waals surface area contributed by atoms with E-state index in [-0.39, 0.29) is 0 Å². The molecule has 1 aliphatic carbocycles. The molecule has 0 unspecified atom stereocenters. The molecule has 0 heterocycles. The first-order chi connectivity index (χ1) is 7.78. The molecule has 16 heavy (non-hydrogen) atoms. The van der Waals surface area contributed by atoms with Gasteiger partial charge in [0.1, 0.15) is 0 Å². The molecule has 0 aromatic heterocycles. The molecule has 1 aromatic carbocycles. The van der Waals surface area contributed by atoms with Crippen molar-refractivity contribution in [1.82, 2.24) is 5.32 Å². The van der Waals surface area contributed by atoms with Crippen LogP contribution in [0.3, 0.4) is 0 Å². The molecule has 0 radical (unpaired) electrons. The number of rotatable bonds is 3. The summed E-state index contributed by atoms with van der Waals surface area (Å²) < 4.78 is 1.27. The van der Waals surface area contributed by atoms with Crippen LogP contribution in [0, 0.1) is 0 Å². The van der Waals surface area contributed by atoms with Crippen LogP contribution < -0.4 is 5.32 Å². The molecule has 88 valence electrons. The summed E-state index contributed by atoms with van der Waals surface area (Å²) in [5.41, 5.74) is 1.84. The van der Waals surface area contributed by atoms with Gasteiger partial charge in [-0.25, -0.2) is 0 Å². The molecule has 0 atom stereocenters. The lowest BCUT2D eigenvalue weighted by molar-refractivity contribution is 0.285. The highest BCUT2D eigenvalue weighted by Gasteiger charge is 2.34. The molecule has 0 spiro atoms. The number of benzene rings is 1. The normalized spacial score (nSPS) is 19.6. The molecule has 1 nitrogen and oxygen atoms in total. The maximum Gasteiger partial charge on any atom is 0.0213 e. The summed E-state index contributed by atoms with van der Waals surface area (Å²) in [6.07, 6.45) is 6.76. The number of likely N-dealkylation sites (N-methyl/N-ethyl adjacent to an activating group) is 1. The van der Waals surface area contributed by atoms with Gasteiger partial charge in [0.2, 0.25) is 0 Å². The van der Waals surface area contributed by atoms with E-state index in [1.165, 1.54) is 42.1 Å². The summed E-state index contributed by atoms with van der Waals surface area (Å²) in [5.74, 6) is 0. The summed E-state index contributed by atoms with van der Waals surface area (Å²) >= 11 is 3.71. The predicted molar refractivity (Wildman–Crippen MR) is 72.8 cm³/mol. The van der Waals surface area contributed by atoms with E-state index in [9.17, 15) is 0 Å². The fourth-order valence-electron chi connectivity index (χ4n) is 3.00. The van der Waals surface area contributed by atoms with E-state index >= 15 is 0 Å². The van der Waals surface area contributed by atoms with Crippen LogP contribution in [0.4, 0.5) is 0 Å². The van der Waals surface area contributed by atoms with Gasteiger partial charge < -0.3 is 5.32 Å². The molecule has 1 saturated carbocycles. The van der Waals surface area contributed by atoms with Crippen LogP contribution in [0.2, 0.25) is 0 Å². The smallest absolute Gasteiger partial charge is 0.0213 e.